The van der Waals surface area contributed by atoms with Crippen LogP contribution in [0.3, 0.4) is 0 Å². The zero-order chi connectivity index (χ0) is 17.6. The molecule has 2 aliphatic heterocycles. The molecular formula is C20H32ClN3O2. The summed E-state index contributed by atoms with van der Waals surface area (Å²) >= 11 is 0. The summed E-state index contributed by atoms with van der Waals surface area (Å²) in [6, 6.07) is 6.36. The van der Waals surface area contributed by atoms with E-state index in [-0.39, 0.29) is 18.3 Å². The minimum Gasteiger partial charge on any atom is -0.497 e. The maximum atomic E-state index is 12.8. The lowest BCUT2D eigenvalue weighted by molar-refractivity contribution is -0.138. The predicted molar refractivity (Wildman–Crippen MR) is 107 cm³/mol. The molecule has 2 heterocycles. The van der Waals surface area contributed by atoms with Gasteiger partial charge >= 0.3 is 0 Å². The molecule has 26 heavy (non-hydrogen) atoms. The number of methoxy groups -OCH3 is 1. The molecule has 3 rings (SSSR count). The lowest BCUT2D eigenvalue weighted by Gasteiger charge is -2.36. The average Bonchev–Trinajstić information content (AvgIpc) is 2.68. The van der Waals surface area contributed by atoms with Gasteiger partial charge in [0.1, 0.15) is 5.75 Å². The third-order valence-corrected chi connectivity index (χ3v) is 5.47. The Morgan fingerprint density at radius 1 is 1.23 bits per heavy atom. The molecule has 0 aromatic heterocycles. The summed E-state index contributed by atoms with van der Waals surface area (Å²) in [7, 11) is 1.71. The molecule has 0 aliphatic carbocycles. The van der Waals surface area contributed by atoms with E-state index in [1.807, 2.05) is 6.07 Å². The molecule has 2 aliphatic rings. The van der Waals surface area contributed by atoms with Crippen LogP contribution < -0.4 is 10.1 Å². The zero-order valence-electron chi connectivity index (χ0n) is 16.0. The second-order valence-electron chi connectivity index (χ2n) is 7.14. The Morgan fingerprint density at radius 3 is 2.69 bits per heavy atom. The minimum atomic E-state index is 0. The van der Waals surface area contributed by atoms with Crippen LogP contribution in [0.1, 0.15) is 30.9 Å². The van der Waals surface area contributed by atoms with E-state index in [4.69, 9.17) is 4.74 Å². The van der Waals surface area contributed by atoms with E-state index in [0.717, 1.165) is 70.8 Å². The fourth-order valence-electron chi connectivity index (χ4n) is 4.00. The first kappa shape index (κ1) is 21.0. The maximum Gasteiger partial charge on any atom is 0.227 e. The number of likely N-dealkylation sites (tertiary alicyclic amines) is 1. The summed E-state index contributed by atoms with van der Waals surface area (Å²) in [4.78, 5) is 17.3. The van der Waals surface area contributed by atoms with Gasteiger partial charge < -0.3 is 15.0 Å². The van der Waals surface area contributed by atoms with Crippen molar-refractivity contribution in [3.05, 3.63) is 29.3 Å². The summed E-state index contributed by atoms with van der Waals surface area (Å²) in [5.74, 6) is 1.44. The van der Waals surface area contributed by atoms with E-state index >= 15 is 0 Å². The van der Waals surface area contributed by atoms with Crippen LogP contribution in [0.25, 0.3) is 0 Å². The first-order valence-corrected chi connectivity index (χ1v) is 9.59. The number of piperidine rings is 1. The number of aryl methyl sites for hydroxylation is 1. The van der Waals surface area contributed by atoms with Gasteiger partial charge in [-0.15, -0.1) is 12.4 Å². The smallest absolute Gasteiger partial charge is 0.227 e. The third-order valence-electron chi connectivity index (χ3n) is 5.47. The van der Waals surface area contributed by atoms with Crippen LogP contribution in [-0.2, 0) is 17.8 Å². The van der Waals surface area contributed by atoms with Gasteiger partial charge in [-0.1, -0.05) is 13.0 Å². The molecule has 1 aromatic rings. The lowest BCUT2D eigenvalue weighted by Crippen LogP contribution is -2.51. The van der Waals surface area contributed by atoms with Gasteiger partial charge in [0, 0.05) is 39.3 Å². The second-order valence-corrected chi connectivity index (χ2v) is 7.14. The number of ether oxygens (including phenoxy) is 1. The van der Waals surface area contributed by atoms with Gasteiger partial charge in [-0.05, 0) is 49.1 Å². The van der Waals surface area contributed by atoms with Crippen molar-refractivity contribution >= 4 is 18.3 Å². The summed E-state index contributed by atoms with van der Waals surface area (Å²) in [5, 5.41) is 3.32. The van der Waals surface area contributed by atoms with Crippen LogP contribution in [0.2, 0.25) is 0 Å². The van der Waals surface area contributed by atoms with Gasteiger partial charge in [-0.3, -0.25) is 9.69 Å². The molecule has 0 radical (unpaired) electrons. The van der Waals surface area contributed by atoms with Crippen molar-refractivity contribution < 1.29 is 9.53 Å². The Morgan fingerprint density at radius 2 is 2.00 bits per heavy atom. The molecule has 1 aromatic carbocycles. The number of rotatable bonds is 5. The Kier molecular flexibility index (Phi) is 8.19. The normalized spacial score (nSPS) is 21.2. The number of nitrogens with zero attached hydrogens (tertiary/aromatic N) is 2. The molecule has 0 saturated carbocycles. The van der Waals surface area contributed by atoms with Crippen molar-refractivity contribution in [2.45, 2.75) is 32.7 Å². The van der Waals surface area contributed by atoms with Crippen molar-refractivity contribution in [1.29, 1.82) is 0 Å². The number of carbonyl (C=O) groups excluding carboxylic acids is 1. The lowest BCUT2D eigenvalue weighted by atomic mass is 9.95. The standard InChI is InChI=1S/C20H31N3O2.ClH/c1-3-16-13-19(25-2)7-6-17(16)14-22-10-4-5-18(15-22)20(24)23-11-8-21-9-12-23;/h6-7,13,18,21H,3-5,8-12,14-15H2,1-2H3;1H. The molecule has 1 N–H and O–H groups in total. The average molecular weight is 382 g/mol. The molecular weight excluding hydrogens is 350 g/mol. The molecule has 1 atom stereocenters. The molecule has 1 unspecified atom stereocenters. The minimum absolute atomic E-state index is 0. The van der Waals surface area contributed by atoms with E-state index in [1.165, 1.54) is 11.1 Å². The van der Waals surface area contributed by atoms with E-state index < -0.39 is 0 Å². The number of hydrogen-bond acceptors (Lipinski definition) is 4. The Bertz CT molecular complexity index is 590. The second kappa shape index (κ2) is 10.1. The highest BCUT2D eigenvalue weighted by Gasteiger charge is 2.30. The highest BCUT2D eigenvalue weighted by molar-refractivity contribution is 5.85. The largest absolute Gasteiger partial charge is 0.497 e. The monoisotopic (exact) mass is 381 g/mol. The Labute approximate surface area is 163 Å². The summed E-state index contributed by atoms with van der Waals surface area (Å²) < 4.78 is 5.35. The molecule has 6 heteroatoms. The van der Waals surface area contributed by atoms with Gasteiger partial charge in [0.25, 0.3) is 0 Å². The number of hydrogen-bond donors (Lipinski definition) is 1. The number of carbonyl (C=O) groups is 1. The molecule has 5 nitrogen and oxygen atoms in total. The number of amides is 1. The quantitative estimate of drug-likeness (QED) is 0.850. The van der Waals surface area contributed by atoms with Crippen molar-refractivity contribution in [2.75, 3.05) is 46.4 Å². The summed E-state index contributed by atoms with van der Waals surface area (Å²) in [5.41, 5.74) is 2.70. The fraction of sp³-hybridized carbons (Fsp3) is 0.650. The van der Waals surface area contributed by atoms with Crippen molar-refractivity contribution in [2.24, 2.45) is 5.92 Å². The highest BCUT2D eigenvalue weighted by atomic mass is 35.5. The zero-order valence-corrected chi connectivity index (χ0v) is 16.8. The van der Waals surface area contributed by atoms with Crippen molar-refractivity contribution in [1.82, 2.24) is 15.1 Å². The number of halogens is 1. The summed E-state index contributed by atoms with van der Waals surface area (Å²) in [6.07, 6.45) is 3.14. The van der Waals surface area contributed by atoms with E-state index in [0.29, 0.717) is 5.91 Å². The first-order valence-electron chi connectivity index (χ1n) is 9.59. The number of benzene rings is 1. The van der Waals surface area contributed by atoms with Crippen molar-refractivity contribution in [3.63, 3.8) is 0 Å². The van der Waals surface area contributed by atoms with Crippen LogP contribution in [0.15, 0.2) is 18.2 Å². The third kappa shape index (κ3) is 5.12. The molecule has 146 valence electrons. The molecule has 2 fully saturated rings. The van der Waals surface area contributed by atoms with Crippen LogP contribution in [0.5, 0.6) is 5.75 Å². The van der Waals surface area contributed by atoms with Gasteiger partial charge in [0.15, 0.2) is 0 Å². The summed E-state index contributed by atoms with van der Waals surface area (Å²) in [6.45, 7) is 8.64. The van der Waals surface area contributed by atoms with E-state index in [9.17, 15) is 4.79 Å². The predicted octanol–water partition coefficient (Wildman–Crippen LogP) is 2.32. The van der Waals surface area contributed by atoms with Crippen molar-refractivity contribution in [3.8, 4) is 5.75 Å². The number of piperazine rings is 1. The van der Waals surface area contributed by atoms with Crippen LogP contribution in [0.4, 0.5) is 0 Å². The highest BCUT2D eigenvalue weighted by Crippen LogP contribution is 2.24. The SMILES string of the molecule is CCc1cc(OC)ccc1CN1CCCC(C(=O)N2CCNCC2)C1.Cl. The fourth-order valence-corrected chi connectivity index (χ4v) is 4.00. The van der Waals surface area contributed by atoms with Crippen LogP contribution in [-0.4, -0.2) is 62.1 Å². The molecule has 0 spiro atoms. The van der Waals surface area contributed by atoms with Gasteiger partial charge in [-0.2, -0.15) is 0 Å². The Balaban J connectivity index is 0.00000243. The van der Waals surface area contributed by atoms with E-state index in [1.54, 1.807) is 7.11 Å². The topological polar surface area (TPSA) is 44.8 Å². The Hall–Kier alpha value is -1.30. The van der Waals surface area contributed by atoms with Gasteiger partial charge in [0.2, 0.25) is 5.91 Å². The maximum absolute atomic E-state index is 12.8. The number of nitrogens with one attached hydrogen (secondary N) is 1. The van der Waals surface area contributed by atoms with Gasteiger partial charge in [-0.25, -0.2) is 0 Å². The molecule has 1 amide bonds. The van der Waals surface area contributed by atoms with Gasteiger partial charge in [0.05, 0.1) is 13.0 Å². The molecule has 0 bridgehead atoms. The van der Waals surface area contributed by atoms with Crippen LogP contribution >= 0.6 is 12.4 Å². The first-order chi connectivity index (χ1) is 12.2. The molecule has 2 saturated heterocycles. The van der Waals surface area contributed by atoms with E-state index in [2.05, 4.69) is 34.2 Å². The van der Waals surface area contributed by atoms with Crippen LogP contribution in [0, 0.1) is 5.92 Å².